The number of nitrogens with zero attached hydrogens (tertiary/aromatic N) is 1. The summed E-state index contributed by atoms with van der Waals surface area (Å²) in [5.74, 6) is -2.05. The van der Waals surface area contributed by atoms with Gasteiger partial charge in [0.25, 0.3) is 0 Å². The fourth-order valence-corrected chi connectivity index (χ4v) is 4.22. The number of imidazole rings is 1. The van der Waals surface area contributed by atoms with Gasteiger partial charge in [-0.3, -0.25) is 4.79 Å². The number of ether oxygens (including phenoxy) is 2. The van der Waals surface area contributed by atoms with Crippen LogP contribution < -0.4 is 10.6 Å². The molecular formula is C25H26N4O6. The largest absolute Gasteiger partial charge is 0.480 e. The van der Waals surface area contributed by atoms with Gasteiger partial charge in [-0.15, -0.1) is 0 Å². The van der Waals surface area contributed by atoms with Gasteiger partial charge < -0.3 is 30.2 Å². The number of rotatable bonds is 10. The Bertz CT molecular complexity index is 1150. The smallest absolute Gasteiger partial charge is 0.407 e. The highest BCUT2D eigenvalue weighted by Crippen LogP contribution is 2.44. The van der Waals surface area contributed by atoms with E-state index in [-0.39, 0.29) is 25.6 Å². The highest BCUT2D eigenvalue weighted by Gasteiger charge is 2.31. The number of alkyl carbamates (subject to hydrolysis) is 1. The SMILES string of the molecule is COCC(NC(=O)OCC1c2ccccc2-c2ccccc21)C(=O)N[C@H](Cc1cnc[nH]1)C(=O)O. The van der Waals surface area contributed by atoms with Crippen molar-refractivity contribution in [2.45, 2.75) is 24.4 Å². The topological polar surface area (TPSA) is 143 Å². The number of aromatic amines is 1. The molecule has 1 aliphatic rings. The number of carboxylic acid groups (broad SMARTS) is 1. The number of aromatic nitrogens is 2. The van der Waals surface area contributed by atoms with E-state index in [0.29, 0.717) is 5.69 Å². The molecule has 1 aliphatic carbocycles. The normalized spacial score (nSPS) is 13.9. The molecule has 0 saturated heterocycles. The van der Waals surface area contributed by atoms with Gasteiger partial charge >= 0.3 is 12.1 Å². The summed E-state index contributed by atoms with van der Waals surface area (Å²) >= 11 is 0. The fraction of sp³-hybridized carbons (Fsp3) is 0.280. The van der Waals surface area contributed by atoms with E-state index in [4.69, 9.17) is 9.47 Å². The molecule has 2 amide bonds. The molecule has 3 aromatic rings. The van der Waals surface area contributed by atoms with Crippen LogP contribution >= 0.6 is 0 Å². The first kappa shape index (κ1) is 24.0. The molecule has 182 valence electrons. The van der Waals surface area contributed by atoms with E-state index >= 15 is 0 Å². The van der Waals surface area contributed by atoms with Crippen LogP contribution in [-0.4, -0.2) is 65.5 Å². The van der Waals surface area contributed by atoms with Gasteiger partial charge in [0.2, 0.25) is 5.91 Å². The van der Waals surface area contributed by atoms with E-state index in [9.17, 15) is 19.5 Å². The third-order valence-corrected chi connectivity index (χ3v) is 5.88. The number of amides is 2. The van der Waals surface area contributed by atoms with Crippen molar-refractivity contribution < 1.29 is 29.0 Å². The van der Waals surface area contributed by atoms with E-state index in [2.05, 4.69) is 20.6 Å². The summed E-state index contributed by atoms with van der Waals surface area (Å²) in [5.41, 5.74) is 4.88. The zero-order chi connectivity index (χ0) is 24.8. The maximum absolute atomic E-state index is 12.7. The third-order valence-electron chi connectivity index (χ3n) is 5.88. The van der Waals surface area contributed by atoms with Crippen LogP contribution in [0.2, 0.25) is 0 Å². The second-order valence-electron chi connectivity index (χ2n) is 8.16. The number of hydrogen-bond acceptors (Lipinski definition) is 6. The van der Waals surface area contributed by atoms with Crippen molar-refractivity contribution in [3.8, 4) is 11.1 Å². The van der Waals surface area contributed by atoms with Crippen molar-refractivity contribution in [2.24, 2.45) is 0 Å². The lowest BCUT2D eigenvalue weighted by molar-refractivity contribution is -0.142. The average Bonchev–Trinajstić information content (AvgIpc) is 3.48. The summed E-state index contributed by atoms with van der Waals surface area (Å²) in [5, 5.41) is 14.4. The molecule has 4 N–H and O–H groups in total. The summed E-state index contributed by atoms with van der Waals surface area (Å²) < 4.78 is 10.5. The van der Waals surface area contributed by atoms with Crippen LogP contribution in [0.4, 0.5) is 4.79 Å². The Morgan fingerprint density at radius 1 is 1.03 bits per heavy atom. The summed E-state index contributed by atoms with van der Waals surface area (Å²) in [4.78, 5) is 43.6. The molecule has 0 fully saturated rings. The van der Waals surface area contributed by atoms with Crippen molar-refractivity contribution in [1.82, 2.24) is 20.6 Å². The molecule has 35 heavy (non-hydrogen) atoms. The van der Waals surface area contributed by atoms with Crippen LogP contribution in [0.15, 0.2) is 61.1 Å². The second kappa shape index (κ2) is 10.8. The van der Waals surface area contributed by atoms with Crippen LogP contribution in [0.1, 0.15) is 22.7 Å². The quantitative estimate of drug-likeness (QED) is 0.349. The molecule has 10 heteroatoms. The molecule has 0 radical (unpaired) electrons. The number of methoxy groups -OCH3 is 1. The summed E-state index contributed by atoms with van der Waals surface area (Å²) in [6, 6.07) is 13.6. The fourth-order valence-electron chi connectivity index (χ4n) is 4.22. The number of nitrogens with one attached hydrogen (secondary N) is 3. The lowest BCUT2D eigenvalue weighted by atomic mass is 9.98. The highest BCUT2D eigenvalue weighted by atomic mass is 16.5. The standard InChI is InChI=1S/C25H26N4O6/c1-34-13-22(23(30)28-21(24(31)32)10-15-11-26-14-27-15)29-25(33)35-12-20-18-8-4-2-6-16(18)17-7-3-5-9-19(17)20/h2-9,11,14,20-22H,10,12-13H2,1H3,(H,26,27)(H,28,30)(H,29,33)(H,31,32)/t21-,22?/m1/s1. The predicted octanol–water partition coefficient (Wildman–Crippen LogP) is 2.08. The molecular weight excluding hydrogens is 452 g/mol. The monoisotopic (exact) mass is 478 g/mol. The summed E-state index contributed by atoms with van der Waals surface area (Å²) in [6.07, 6.45) is 2.10. The van der Waals surface area contributed by atoms with Gasteiger partial charge in [-0.25, -0.2) is 14.6 Å². The van der Waals surface area contributed by atoms with Crippen molar-refractivity contribution in [3.63, 3.8) is 0 Å². The number of carboxylic acids is 1. The van der Waals surface area contributed by atoms with Crippen LogP contribution in [-0.2, 0) is 25.5 Å². The molecule has 10 nitrogen and oxygen atoms in total. The van der Waals surface area contributed by atoms with Gasteiger partial charge in [0.1, 0.15) is 18.7 Å². The second-order valence-corrected chi connectivity index (χ2v) is 8.16. The zero-order valence-corrected chi connectivity index (χ0v) is 19.1. The van der Waals surface area contributed by atoms with Gasteiger partial charge in [0, 0.05) is 31.3 Å². The minimum absolute atomic E-state index is 0.00567. The number of carbonyl (C=O) groups is 3. The van der Waals surface area contributed by atoms with Crippen LogP contribution in [0.5, 0.6) is 0 Å². The molecule has 1 aromatic heterocycles. The minimum atomic E-state index is -1.22. The Morgan fingerprint density at radius 2 is 1.69 bits per heavy atom. The van der Waals surface area contributed by atoms with Crippen molar-refractivity contribution >= 4 is 18.0 Å². The number of H-pyrrole nitrogens is 1. The van der Waals surface area contributed by atoms with Crippen LogP contribution in [0.3, 0.4) is 0 Å². The molecule has 0 aliphatic heterocycles. The number of aliphatic carboxylic acids is 1. The first-order chi connectivity index (χ1) is 17.0. The molecule has 1 unspecified atom stereocenters. The van der Waals surface area contributed by atoms with E-state index in [1.54, 1.807) is 0 Å². The number of fused-ring (bicyclic) bond motifs is 3. The average molecular weight is 479 g/mol. The Morgan fingerprint density at radius 3 is 2.26 bits per heavy atom. The molecule has 2 aromatic carbocycles. The molecule has 2 atom stereocenters. The number of benzene rings is 2. The summed E-state index contributed by atoms with van der Waals surface area (Å²) in [6.45, 7) is -0.0782. The van der Waals surface area contributed by atoms with Crippen LogP contribution in [0, 0.1) is 0 Å². The maximum atomic E-state index is 12.7. The van der Waals surface area contributed by atoms with Crippen molar-refractivity contribution in [2.75, 3.05) is 20.3 Å². The lowest BCUT2D eigenvalue weighted by Crippen LogP contribution is -2.54. The van der Waals surface area contributed by atoms with Gasteiger partial charge in [-0.2, -0.15) is 0 Å². The Balaban J connectivity index is 1.38. The van der Waals surface area contributed by atoms with Gasteiger partial charge in [-0.05, 0) is 22.3 Å². The van der Waals surface area contributed by atoms with Gasteiger partial charge in [0.05, 0.1) is 12.9 Å². The third kappa shape index (κ3) is 5.49. The van der Waals surface area contributed by atoms with Crippen LogP contribution in [0.25, 0.3) is 11.1 Å². The van der Waals surface area contributed by atoms with E-state index < -0.39 is 30.1 Å². The molecule has 0 spiro atoms. The highest BCUT2D eigenvalue weighted by molar-refractivity contribution is 5.89. The first-order valence-corrected chi connectivity index (χ1v) is 11.1. The van der Waals surface area contributed by atoms with Crippen molar-refractivity contribution in [3.05, 3.63) is 77.9 Å². The first-order valence-electron chi connectivity index (χ1n) is 11.1. The summed E-state index contributed by atoms with van der Waals surface area (Å²) in [7, 11) is 1.37. The molecule has 1 heterocycles. The Labute approximate surface area is 201 Å². The number of carbonyl (C=O) groups excluding carboxylic acids is 2. The molecule has 0 saturated carbocycles. The van der Waals surface area contributed by atoms with E-state index in [0.717, 1.165) is 22.3 Å². The van der Waals surface area contributed by atoms with Gasteiger partial charge in [-0.1, -0.05) is 48.5 Å². The van der Waals surface area contributed by atoms with E-state index in [1.165, 1.54) is 19.6 Å². The molecule has 0 bridgehead atoms. The van der Waals surface area contributed by atoms with Gasteiger partial charge in [0.15, 0.2) is 0 Å². The minimum Gasteiger partial charge on any atom is -0.480 e. The zero-order valence-electron chi connectivity index (χ0n) is 19.1. The van der Waals surface area contributed by atoms with Crippen molar-refractivity contribution in [1.29, 1.82) is 0 Å². The lowest BCUT2D eigenvalue weighted by Gasteiger charge is -2.21. The predicted molar refractivity (Wildman–Crippen MR) is 126 cm³/mol. The number of hydrogen-bond donors (Lipinski definition) is 4. The maximum Gasteiger partial charge on any atom is 0.407 e. The van der Waals surface area contributed by atoms with E-state index in [1.807, 2.05) is 48.5 Å². The Kier molecular flexibility index (Phi) is 7.41. The molecule has 4 rings (SSSR count). The Hall–Kier alpha value is -4.18.